The van der Waals surface area contributed by atoms with Gasteiger partial charge in [-0.15, -0.1) is 0 Å². The van der Waals surface area contributed by atoms with E-state index in [0.29, 0.717) is 13.1 Å². The van der Waals surface area contributed by atoms with Crippen LogP contribution in [0, 0.1) is 11.3 Å². The van der Waals surface area contributed by atoms with Crippen molar-refractivity contribution in [1.82, 2.24) is 0 Å². The second-order valence-electron chi connectivity index (χ2n) is 4.92. The van der Waals surface area contributed by atoms with Crippen LogP contribution in [0.15, 0.2) is 59.6 Å². The molecule has 2 aromatic rings. The number of nitrogens with two attached hydrogens (primary N) is 1. The van der Waals surface area contributed by atoms with Gasteiger partial charge in [0.25, 0.3) is 0 Å². The number of hydrogen-bond acceptors (Lipinski definition) is 3. The van der Waals surface area contributed by atoms with Crippen molar-refractivity contribution in [1.29, 1.82) is 5.26 Å². The summed E-state index contributed by atoms with van der Waals surface area (Å²) in [5.74, 6) is 0.787. The molecule has 3 N–H and O–H groups in total. The molecule has 4 heteroatoms. The summed E-state index contributed by atoms with van der Waals surface area (Å²) in [6.45, 7) is 1.05. The van der Waals surface area contributed by atoms with Crippen LogP contribution in [0.3, 0.4) is 0 Å². The van der Waals surface area contributed by atoms with Crippen molar-refractivity contribution in [3.63, 3.8) is 0 Å². The van der Waals surface area contributed by atoms with Crippen LogP contribution in [-0.4, -0.2) is 18.9 Å². The number of aliphatic imine (C=N–C) groups is 1. The van der Waals surface area contributed by atoms with Gasteiger partial charge in [-0.1, -0.05) is 42.5 Å². The molecule has 108 valence electrons. The highest BCUT2D eigenvalue weighted by Gasteiger charge is 2.20. The van der Waals surface area contributed by atoms with Crippen LogP contribution in [0.4, 0.5) is 5.69 Å². The van der Waals surface area contributed by atoms with Crippen molar-refractivity contribution in [3.05, 3.63) is 71.3 Å². The molecule has 0 fully saturated rings. The Kier molecular flexibility index (Phi) is 3.99. The van der Waals surface area contributed by atoms with Crippen LogP contribution < -0.4 is 11.1 Å². The summed E-state index contributed by atoms with van der Waals surface area (Å²) in [4.78, 5) is 4.57. The summed E-state index contributed by atoms with van der Waals surface area (Å²) in [5, 5.41) is 12.6. The Balaban J connectivity index is 2.29. The Morgan fingerprint density at radius 1 is 1.05 bits per heavy atom. The predicted octanol–water partition coefficient (Wildman–Crippen LogP) is 2.77. The molecule has 1 aliphatic heterocycles. The van der Waals surface area contributed by atoms with Crippen LogP contribution in [0.5, 0.6) is 0 Å². The summed E-state index contributed by atoms with van der Waals surface area (Å²) < 4.78 is 0. The maximum Gasteiger partial charge on any atom is 0.133 e. The highest BCUT2D eigenvalue weighted by atomic mass is 15.0. The van der Waals surface area contributed by atoms with Gasteiger partial charge in [0, 0.05) is 35.0 Å². The molecule has 4 nitrogen and oxygen atoms in total. The van der Waals surface area contributed by atoms with Crippen molar-refractivity contribution < 1.29 is 0 Å². The van der Waals surface area contributed by atoms with Gasteiger partial charge in [-0.25, -0.2) is 0 Å². The van der Waals surface area contributed by atoms with Crippen molar-refractivity contribution >= 4 is 17.1 Å². The van der Waals surface area contributed by atoms with Crippen LogP contribution in [-0.2, 0) is 0 Å². The molecule has 0 saturated heterocycles. The third kappa shape index (κ3) is 2.50. The van der Waals surface area contributed by atoms with Crippen LogP contribution >= 0.6 is 0 Å². The van der Waals surface area contributed by atoms with E-state index >= 15 is 0 Å². The van der Waals surface area contributed by atoms with Gasteiger partial charge < -0.3 is 11.1 Å². The average Bonchev–Trinajstić information content (AvgIpc) is 2.69. The number of allylic oxidation sites excluding steroid dienone is 1. The van der Waals surface area contributed by atoms with E-state index < -0.39 is 0 Å². The molecular weight excluding hydrogens is 272 g/mol. The minimum absolute atomic E-state index is 0.496. The highest BCUT2D eigenvalue weighted by Crippen LogP contribution is 2.34. The molecule has 0 unspecified atom stereocenters. The quantitative estimate of drug-likeness (QED) is 0.834. The van der Waals surface area contributed by atoms with Gasteiger partial charge >= 0.3 is 0 Å². The van der Waals surface area contributed by atoms with Gasteiger partial charge in [0.2, 0.25) is 0 Å². The maximum absolute atomic E-state index is 9.18. The lowest BCUT2D eigenvalue weighted by Gasteiger charge is -2.09. The van der Waals surface area contributed by atoms with E-state index in [9.17, 15) is 5.26 Å². The number of benzene rings is 2. The largest absolute Gasteiger partial charge is 0.340 e. The summed E-state index contributed by atoms with van der Waals surface area (Å²) >= 11 is 0. The molecule has 0 aromatic heterocycles. The number of nitrogens with one attached hydrogen (secondary N) is 1. The summed E-state index contributed by atoms with van der Waals surface area (Å²) in [6.07, 6.45) is 1.59. The fourth-order valence-corrected chi connectivity index (χ4v) is 2.61. The average molecular weight is 288 g/mol. The summed E-state index contributed by atoms with van der Waals surface area (Å²) in [7, 11) is 0. The molecular formula is C18H16N4. The zero-order valence-electron chi connectivity index (χ0n) is 12.1. The first kappa shape index (κ1) is 14.1. The van der Waals surface area contributed by atoms with Crippen LogP contribution in [0.2, 0.25) is 0 Å². The predicted molar refractivity (Wildman–Crippen MR) is 89.7 cm³/mol. The summed E-state index contributed by atoms with van der Waals surface area (Å²) in [5.41, 5.74) is 10.4. The van der Waals surface area contributed by atoms with Gasteiger partial charge in [-0.3, -0.25) is 4.99 Å². The molecule has 0 aliphatic carbocycles. The fraction of sp³-hybridized carbons (Fsp3) is 0.111. The zero-order chi connectivity index (χ0) is 15.4. The topological polar surface area (TPSA) is 74.2 Å². The smallest absolute Gasteiger partial charge is 0.133 e. The first-order chi connectivity index (χ1) is 10.8. The number of nitrogens with zero attached hydrogens (tertiary/aromatic N) is 2. The van der Waals surface area contributed by atoms with E-state index in [2.05, 4.69) is 16.4 Å². The van der Waals surface area contributed by atoms with Crippen LogP contribution in [0.25, 0.3) is 5.57 Å². The van der Waals surface area contributed by atoms with Crippen molar-refractivity contribution in [3.8, 4) is 6.07 Å². The third-order valence-corrected chi connectivity index (χ3v) is 3.55. The molecule has 0 radical (unpaired) electrons. The Morgan fingerprint density at radius 3 is 2.45 bits per heavy atom. The van der Waals surface area contributed by atoms with E-state index in [1.807, 2.05) is 48.5 Å². The maximum atomic E-state index is 9.18. The molecule has 0 amide bonds. The molecule has 22 heavy (non-hydrogen) atoms. The van der Waals surface area contributed by atoms with Crippen molar-refractivity contribution in [2.45, 2.75) is 0 Å². The zero-order valence-corrected chi connectivity index (χ0v) is 12.1. The number of amidine groups is 1. The van der Waals surface area contributed by atoms with E-state index in [4.69, 9.17) is 5.73 Å². The highest BCUT2D eigenvalue weighted by molar-refractivity contribution is 6.15. The Hall–Kier alpha value is -2.90. The van der Waals surface area contributed by atoms with Gasteiger partial charge in [0.1, 0.15) is 5.84 Å². The SMILES string of the molecule is N#C/C=C1/c2ccccc2NC(=NCCN)c2ccccc21. The Labute approximate surface area is 129 Å². The monoisotopic (exact) mass is 288 g/mol. The first-order valence-corrected chi connectivity index (χ1v) is 7.15. The molecule has 1 aliphatic rings. The van der Waals surface area contributed by atoms with Crippen molar-refractivity contribution in [2.24, 2.45) is 10.7 Å². The number of fused-ring (bicyclic) bond motifs is 2. The van der Waals surface area contributed by atoms with E-state index in [-0.39, 0.29) is 0 Å². The second-order valence-corrected chi connectivity index (χ2v) is 4.92. The lowest BCUT2D eigenvalue weighted by molar-refractivity contribution is 0.975. The van der Waals surface area contributed by atoms with Gasteiger partial charge in [0.05, 0.1) is 12.6 Å². The molecule has 1 heterocycles. The number of nitriles is 1. The molecule has 0 spiro atoms. The fourth-order valence-electron chi connectivity index (χ4n) is 2.61. The normalized spacial score (nSPS) is 16.4. The van der Waals surface area contributed by atoms with Gasteiger partial charge in [0.15, 0.2) is 0 Å². The molecule has 3 rings (SSSR count). The Bertz CT molecular complexity index is 797. The lowest BCUT2D eigenvalue weighted by Crippen LogP contribution is -2.16. The van der Waals surface area contributed by atoms with E-state index in [0.717, 1.165) is 33.8 Å². The number of hydrogen-bond donors (Lipinski definition) is 2. The lowest BCUT2D eigenvalue weighted by atomic mass is 9.94. The molecule has 0 bridgehead atoms. The van der Waals surface area contributed by atoms with Gasteiger partial charge in [-0.05, 0) is 11.6 Å². The minimum Gasteiger partial charge on any atom is -0.340 e. The minimum atomic E-state index is 0.496. The molecule has 0 saturated carbocycles. The number of para-hydroxylation sites is 1. The molecule has 0 atom stereocenters. The molecule has 2 aromatic carbocycles. The van der Waals surface area contributed by atoms with E-state index in [1.54, 1.807) is 6.08 Å². The second kappa shape index (κ2) is 6.25. The number of anilines is 1. The number of rotatable bonds is 2. The first-order valence-electron chi connectivity index (χ1n) is 7.15. The summed E-state index contributed by atoms with van der Waals surface area (Å²) in [6, 6.07) is 18.1. The van der Waals surface area contributed by atoms with E-state index in [1.165, 1.54) is 0 Å². The van der Waals surface area contributed by atoms with Crippen LogP contribution in [0.1, 0.15) is 16.7 Å². The standard InChI is InChI=1S/C18H16N4/c19-10-9-14-13-5-1-2-7-16(13)18(21-12-11-20)22-17-8-4-3-6-15(14)17/h1-9H,11-12,20H2,(H,21,22)/b14-9+. The van der Waals surface area contributed by atoms with Gasteiger partial charge in [-0.2, -0.15) is 5.26 Å². The van der Waals surface area contributed by atoms with Crippen molar-refractivity contribution in [2.75, 3.05) is 18.4 Å². The third-order valence-electron chi connectivity index (χ3n) is 3.55. The Morgan fingerprint density at radius 2 is 1.73 bits per heavy atom.